The summed E-state index contributed by atoms with van der Waals surface area (Å²) in [4.78, 5) is 2.09. The van der Waals surface area contributed by atoms with Gasteiger partial charge in [0, 0.05) is 34.3 Å². The van der Waals surface area contributed by atoms with Crippen molar-refractivity contribution < 1.29 is 5.11 Å². The van der Waals surface area contributed by atoms with Crippen molar-refractivity contribution in [1.82, 2.24) is 0 Å². The summed E-state index contributed by atoms with van der Waals surface area (Å²) in [6, 6.07) is 13.7. The van der Waals surface area contributed by atoms with Gasteiger partial charge in [0.1, 0.15) is 0 Å². The standard InChI is InChI=1S/C16H17BrClNO/c1-11(20)14-9-13(17)7-8-16(14)19(2)10-12-5-3-4-6-15(12)18/h3-9,11,20H,10H2,1-2H3. The van der Waals surface area contributed by atoms with Crippen LogP contribution in [0.1, 0.15) is 24.2 Å². The molecule has 0 aliphatic rings. The summed E-state index contributed by atoms with van der Waals surface area (Å²) in [5.74, 6) is 0. The molecule has 0 amide bonds. The van der Waals surface area contributed by atoms with Crippen LogP contribution in [0.4, 0.5) is 5.69 Å². The molecule has 4 heteroatoms. The maximum Gasteiger partial charge on any atom is 0.0782 e. The van der Waals surface area contributed by atoms with Gasteiger partial charge in [-0.05, 0) is 36.8 Å². The highest BCUT2D eigenvalue weighted by atomic mass is 79.9. The number of anilines is 1. The Morgan fingerprint density at radius 3 is 2.60 bits per heavy atom. The highest BCUT2D eigenvalue weighted by Gasteiger charge is 2.13. The fraction of sp³-hybridized carbons (Fsp3) is 0.250. The lowest BCUT2D eigenvalue weighted by molar-refractivity contribution is 0.199. The van der Waals surface area contributed by atoms with Crippen molar-refractivity contribution in [3.05, 3.63) is 63.1 Å². The molecule has 0 aliphatic carbocycles. The lowest BCUT2D eigenvalue weighted by Crippen LogP contribution is -2.18. The van der Waals surface area contributed by atoms with Gasteiger partial charge in [0.25, 0.3) is 0 Å². The van der Waals surface area contributed by atoms with Crippen LogP contribution < -0.4 is 4.90 Å². The summed E-state index contributed by atoms with van der Waals surface area (Å²) in [6.07, 6.45) is -0.517. The van der Waals surface area contributed by atoms with Crippen molar-refractivity contribution in [1.29, 1.82) is 0 Å². The molecule has 20 heavy (non-hydrogen) atoms. The first-order valence-electron chi connectivity index (χ1n) is 6.41. The van der Waals surface area contributed by atoms with Crippen molar-refractivity contribution >= 4 is 33.2 Å². The Morgan fingerprint density at radius 2 is 1.95 bits per heavy atom. The van der Waals surface area contributed by atoms with E-state index in [4.69, 9.17) is 11.6 Å². The van der Waals surface area contributed by atoms with Crippen LogP contribution in [0.15, 0.2) is 46.9 Å². The van der Waals surface area contributed by atoms with Gasteiger partial charge in [0.05, 0.1) is 6.10 Å². The average Bonchev–Trinajstić information content (AvgIpc) is 2.41. The second-order valence-corrected chi connectivity index (χ2v) is 6.15. The molecule has 0 saturated heterocycles. The van der Waals surface area contributed by atoms with E-state index in [9.17, 15) is 5.11 Å². The quantitative estimate of drug-likeness (QED) is 0.853. The number of hydrogen-bond acceptors (Lipinski definition) is 2. The van der Waals surface area contributed by atoms with Crippen LogP contribution in [-0.4, -0.2) is 12.2 Å². The lowest BCUT2D eigenvalue weighted by atomic mass is 10.1. The van der Waals surface area contributed by atoms with E-state index >= 15 is 0 Å². The third-order valence-electron chi connectivity index (χ3n) is 3.22. The monoisotopic (exact) mass is 353 g/mol. The van der Waals surface area contributed by atoms with Gasteiger partial charge in [-0.25, -0.2) is 0 Å². The number of halogens is 2. The van der Waals surface area contributed by atoms with Crippen LogP contribution >= 0.6 is 27.5 Å². The summed E-state index contributed by atoms with van der Waals surface area (Å²) >= 11 is 9.64. The maximum atomic E-state index is 9.92. The summed E-state index contributed by atoms with van der Waals surface area (Å²) < 4.78 is 0.961. The van der Waals surface area contributed by atoms with E-state index in [1.165, 1.54) is 0 Å². The maximum absolute atomic E-state index is 9.92. The summed E-state index contributed by atoms with van der Waals surface area (Å²) in [7, 11) is 2.00. The predicted molar refractivity (Wildman–Crippen MR) is 88.3 cm³/mol. The Labute approximate surface area is 133 Å². The van der Waals surface area contributed by atoms with Crippen LogP contribution in [0.3, 0.4) is 0 Å². The molecule has 0 radical (unpaired) electrons. The average molecular weight is 355 g/mol. The molecular weight excluding hydrogens is 338 g/mol. The molecule has 1 N–H and O–H groups in total. The van der Waals surface area contributed by atoms with Gasteiger partial charge in [0.15, 0.2) is 0 Å². The number of hydrogen-bond donors (Lipinski definition) is 1. The summed E-state index contributed by atoms with van der Waals surface area (Å²) in [5.41, 5.74) is 2.97. The van der Waals surface area contributed by atoms with Gasteiger partial charge in [-0.1, -0.05) is 45.7 Å². The van der Waals surface area contributed by atoms with E-state index < -0.39 is 6.10 Å². The van der Waals surface area contributed by atoms with Crippen LogP contribution in [0, 0.1) is 0 Å². The Hall–Kier alpha value is -1.03. The number of nitrogens with zero attached hydrogens (tertiary/aromatic N) is 1. The highest BCUT2D eigenvalue weighted by Crippen LogP contribution is 2.30. The molecule has 1 atom stereocenters. The van der Waals surface area contributed by atoms with Crippen LogP contribution in [0.5, 0.6) is 0 Å². The van der Waals surface area contributed by atoms with Crippen LogP contribution in [-0.2, 0) is 6.54 Å². The van der Waals surface area contributed by atoms with Gasteiger partial charge in [-0.2, -0.15) is 0 Å². The lowest BCUT2D eigenvalue weighted by Gasteiger charge is -2.24. The fourth-order valence-corrected chi connectivity index (χ4v) is 2.75. The molecule has 1 unspecified atom stereocenters. The van der Waals surface area contributed by atoms with E-state index in [-0.39, 0.29) is 0 Å². The molecule has 106 valence electrons. The van der Waals surface area contributed by atoms with Gasteiger partial charge in [0.2, 0.25) is 0 Å². The number of aliphatic hydroxyl groups excluding tert-OH is 1. The smallest absolute Gasteiger partial charge is 0.0782 e. The van der Waals surface area contributed by atoms with Gasteiger partial charge >= 0.3 is 0 Å². The molecule has 0 saturated carbocycles. The second kappa shape index (κ2) is 6.61. The van der Waals surface area contributed by atoms with E-state index in [2.05, 4.69) is 20.8 Å². The molecule has 2 rings (SSSR count). The molecule has 0 aromatic heterocycles. The fourth-order valence-electron chi connectivity index (χ4n) is 2.17. The first-order chi connectivity index (χ1) is 9.49. The molecule has 0 spiro atoms. The molecular formula is C16H17BrClNO. The van der Waals surface area contributed by atoms with E-state index in [0.717, 1.165) is 26.3 Å². The van der Waals surface area contributed by atoms with Crippen LogP contribution in [0.2, 0.25) is 5.02 Å². The minimum absolute atomic E-state index is 0.517. The third kappa shape index (κ3) is 3.54. The van der Waals surface area contributed by atoms with Crippen molar-refractivity contribution in [2.45, 2.75) is 19.6 Å². The zero-order chi connectivity index (χ0) is 14.7. The molecule has 0 fully saturated rings. The second-order valence-electron chi connectivity index (χ2n) is 4.83. The largest absolute Gasteiger partial charge is 0.389 e. The van der Waals surface area contributed by atoms with Gasteiger partial charge < -0.3 is 10.0 Å². The van der Waals surface area contributed by atoms with Crippen molar-refractivity contribution in [3.63, 3.8) is 0 Å². The zero-order valence-electron chi connectivity index (χ0n) is 11.5. The molecule has 2 aromatic rings. The first-order valence-corrected chi connectivity index (χ1v) is 7.58. The van der Waals surface area contributed by atoms with Crippen molar-refractivity contribution in [2.75, 3.05) is 11.9 Å². The Bertz CT molecular complexity index is 601. The van der Waals surface area contributed by atoms with E-state index in [0.29, 0.717) is 6.54 Å². The number of rotatable bonds is 4. The number of benzene rings is 2. The SMILES string of the molecule is CC(O)c1cc(Br)ccc1N(C)Cc1ccccc1Cl. The van der Waals surface area contributed by atoms with Crippen LogP contribution in [0.25, 0.3) is 0 Å². The van der Waals surface area contributed by atoms with E-state index in [1.807, 2.05) is 49.5 Å². The molecule has 2 nitrogen and oxygen atoms in total. The van der Waals surface area contributed by atoms with E-state index in [1.54, 1.807) is 6.92 Å². The third-order valence-corrected chi connectivity index (χ3v) is 4.08. The molecule has 0 heterocycles. The predicted octanol–water partition coefficient (Wildman–Crippen LogP) is 4.79. The van der Waals surface area contributed by atoms with Gasteiger partial charge in [-0.3, -0.25) is 0 Å². The summed E-state index contributed by atoms with van der Waals surface area (Å²) in [5, 5.41) is 10.7. The summed E-state index contributed by atoms with van der Waals surface area (Å²) in [6.45, 7) is 2.47. The zero-order valence-corrected chi connectivity index (χ0v) is 13.8. The Morgan fingerprint density at radius 1 is 1.25 bits per heavy atom. The Balaban J connectivity index is 2.30. The highest BCUT2D eigenvalue weighted by molar-refractivity contribution is 9.10. The minimum atomic E-state index is -0.517. The minimum Gasteiger partial charge on any atom is -0.389 e. The Kier molecular flexibility index (Phi) is 5.08. The topological polar surface area (TPSA) is 23.5 Å². The van der Waals surface area contributed by atoms with Crippen molar-refractivity contribution in [2.24, 2.45) is 0 Å². The first kappa shape index (κ1) is 15.4. The van der Waals surface area contributed by atoms with Crippen molar-refractivity contribution in [3.8, 4) is 0 Å². The normalized spacial score (nSPS) is 12.2. The molecule has 2 aromatic carbocycles. The molecule has 0 aliphatic heterocycles. The van der Waals surface area contributed by atoms with Gasteiger partial charge in [-0.15, -0.1) is 0 Å². The number of aliphatic hydroxyl groups is 1. The molecule has 0 bridgehead atoms.